The highest BCUT2D eigenvalue weighted by atomic mass is 35.5. The lowest BCUT2D eigenvalue weighted by atomic mass is 10.2. The molecule has 0 radical (unpaired) electrons. The van der Waals surface area contributed by atoms with Gasteiger partial charge in [-0.1, -0.05) is 0 Å². The molecular weight excluding hydrogens is 124 g/mol. The van der Waals surface area contributed by atoms with Crippen LogP contribution in [-0.2, 0) is 0 Å². The molecule has 0 spiro atoms. The van der Waals surface area contributed by atoms with Crippen molar-refractivity contribution in [2.45, 2.75) is 25.8 Å². The molecule has 1 unspecified atom stereocenters. The van der Waals surface area contributed by atoms with E-state index in [4.69, 9.17) is 17.4 Å². The summed E-state index contributed by atoms with van der Waals surface area (Å²) in [5, 5.41) is 0. The molecule has 0 amide bonds. The minimum Gasteiger partial charge on any atom is -0.271 e. The van der Waals surface area contributed by atoms with E-state index in [0.29, 0.717) is 6.04 Å². The Kier molecular flexibility index (Phi) is 5.49. The first-order valence-electron chi connectivity index (χ1n) is 2.83. The minimum atomic E-state index is 0.397. The molecule has 0 aromatic heterocycles. The molecule has 0 aromatic carbocycles. The Morgan fingerprint density at radius 3 is 2.75 bits per heavy atom. The highest BCUT2D eigenvalue weighted by molar-refractivity contribution is 6.17. The Hall–Kier alpha value is 0.210. The molecular formula is C5H13ClN2. The Morgan fingerprint density at radius 1 is 1.75 bits per heavy atom. The van der Waals surface area contributed by atoms with E-state index < -0.39 is 0 Å². The summed E-state index contributed by atoms with van der Waals surface area (Å²) in [4.78, 5) is 0. The zero-order chi connectivity index (χ0) is 6.41. The van der Waals surface area contributed by atoms with E-state index >= 15 is 0 Å². The quantitative estimate of drug-likeness (QED) is 0.342. The first-order valence-corrected chi connectivity index (χ1v) is 3.36. The Morgan fingerprint density at radius 2 is 2.38 bits per heavy atom. The van der Waals surface area contributed by atoms with Gasteiger partial charge in [-0.25, -0.2) is 0 Å². The molecule has 0 fully saturated rings. The third-order valence-corrected chi connectivity index (χ3v) is 1.32. The van der Waals surface area contributed by atoms with Gasteiger partial charge in [-0.15, -0.1) is 11.6 Å². The molecule has 0 aliphatic heterocycles. The van der Waals surface area contributed by atoms with Crippen molar-refractivity contribution in [1.29, 1.82) is 0 Å². The van der Waals surface area contributed by atoms with Crippen molar-refractivity contribution in [1.82, 2.24) is 5.43 Å². The smallest absolute Gasteiger partial charge is 0.0224 e. The van der Waals surface area contributed by atoms with Crippen LogP contribution in [0.3, 0.4) is 0 Å². The van der Waals surface area contributed by atoms with Crippen LogP contribution >= 0.6 is 11.6 Å². The number of hydrogen-bond donors (Lipinski definition) is 2. The number of hydrazine groups is 1. The van der Waals surface area contributed by atoms with Gasteiger partial charge in [0.05, 0.1) is 0 Å². The average Bonchev–Trinajstić information content (AvgIpc) is 1.83. The number of alkyl halides is 1. The molecule has 2 nitrogen and oxygen atoms in total. The van der Waals surface area contributed by atoms with E-state index in [9.17, 15) is 0 Å². The maximum absolute atomic E-state index is 5.43. The summed E-state index contributed by atoms with van der Waals surface area (Å²) in [6.45, 7) is 2.03. The second-order valence-electron chi connectivity index (χ2n) is 1.90. The fourth-order valence-electron chi connectivity index (χ4n) is 0.467. The van der Waals surface area contributed by atoms with Crippen LogP contribution < -0.4 is 11.3 Å². The van der Waals surface area contributed by atoms with E-state index in [1.54, 1.807) is 0 Å². The Labute approximate surface area is 55.4 Å². The molecule has 0 aliphatic rings. The van der Waals surface area contributed by atoms with Gasteiger partial charge in [0.25, 0.3) is 0 Å². The molecule has 0 aromatic rings. The molecule has 3 N–H and O–H groups in total. The van der Waals surface area contributed by atoms with Crippen LogP contribution in [0.1, 0.15) is 19.8 Å². The first kappa shape index (κ1) is 8.21. The Bertz CT molecular complexity index is 49.7. The topological polar surface area (TPSA) is 38.0 Å². The molecule has 50 valence electrons. The van der Waals surface area contributed by atoms with Crippen LogP contribution in [0.15, 0.2) is 0 Å². The number of rotatable bonds is 4. The van der Waals surface area contributed by atoms with E-state index in [0.717, 1.165) is 18.7 Å². The molecule has 3 heteroatoms. The van der Waals surface area contributed by atoms with Crippen molar-refractivity contribution in [3.63, 3.8) is 0 Å². The van der Waals surface area contributed by atoms with Gasteiger partial charge in [-0.3, -0.25) is 11.3 Å². The normalized spacial score (nSPS) is 13.9. The SMILES string of the molecule is CC(CCCCl)NN. The molecule has 0 saturated heterocycles. The van der Waals surface area contributed by atoms with Crippen LogP contribution in [0.5, 0.6) is 0 Å². The lowest BCUT2D eigenvalue weighted by Gasteiger charge is -2.06. The van der Waals surface area contributed by atoms with Gasteiger partial charge in [0.15, 0.2) is 0 Å². The van der Waals surface area contributed by atoms with Crippen LogP contribution in [0.2, 0.25) is 0 Å². The van der Waals surface area contributed by atoms with Crippen LogP contribution in [0.25, 0.3) is 0 Å². The number of nitrogens with two attached hydrogens (primary N) is 1. The van der Waals surface area contributed by atoms with Crippen LogP contribution in [0, 0.1) is 0 Å². The van der Waals surface area contributed by atoms with Crippen LogP contribution in [0.4, 0.5) is 0 Å². The van der Waals surface area contributed by atoms with Gasteiger partial charge in [-0.2, -0.15) is 0 Å². The standard InChI is InChI=1S/C5H13ClN2/c1-5(8-7)3-2-4-6/h5,8H,2-4,7H2,1H3. The summed E-state index contributed by atoms with van der Waals surface area (Å²) in [7, 11) is 0. The summed E-state index contributed by atoms with van der Waals surface area (Å²) in [5.74, 6) is 5.85. The van der Waals surface area contributed by atoms with Gasteiger partial charge in [0.1, 0.15) is 0 Å². The predicted molar refractivity (Wildman–Crippen MR) is 36.7 cm³/mol. The van der Waals surface area contributed by atoms with E-state index in [-0.39, 0.29) is 0 Å². The van der Waals surface area contributed by atoms with E-state index in [1.807, 2.05) is 6.92 Å². The van der Waals surface area contributed by atoms with Crippen molar-refractivity contribution in [3.8, 4) is 0 Å². The molecule has 0 heterocycles. The first-order chi connectivity index (χ1) is 3.81. The van der Waals surface area contributed by atoms with Gasteiger partial charge in [-0.05, 0) is 19.8 Å². The van der Waals surface area contributed by atoms with Gasteiger partial charge >= 0.3 is 0 Å². The Balaban J connectivity index is 2.86. The van der Waals surface area contributed by atoms with Crippen molar-refractivity contribution in [3.05, 3.63) is 0 Å². The molecule has 8 heavy (non-hydrogen) atoms. The van der Waals surface area contributed by atoms with Gasteiger partial charge in [0, 0.05) is 11.9 Å². The third-order valence-electron chi connectivity index (χ3n) is 1.06. The largest absolute Gasteiger partial charge is 0.271 e. The second kappa shape index (κ2) is 5.35. The lowest BCUT2D eigenvalue weighted by molar-refractivity contribution is 0.527. The summed E-state index contributed by atoms with van der Waals surface area (Å²) < 4.78 is 0. The molecule has 1 atom stereocenters. The average molecular weight is 137 g/mol. The maximum atomic E-state index is 5.43. The van der Waals surface area contributed by atoms with Gasteiger partial charge in [0.2, 0.25) is 0 Å². The van der Waals surface area contributed by atoms with Crippen LogP contribution in [-0.4, -0.2) is 11.9 Å². The minimum absolute atomic E-state index is 0.397. The second-order valence-corrected chi connectivity index (χ2v) is 2.28. The zero-order valence-electron chi connectivity index (χ0n) is 5.15. The molecule has 0 saturated carbocycles. The van der Waals surface area contributed by atoms with Crippen molar-refractivity contribution in [2.24, 2.45) is 5.84 Å². The van der Waals surface area contributed by atoms with Crippen molar-refractivity contribution in [2.75, 3.05) is 5.88 Å². The number of hydrogen-bond acceptors (Lipinski definition) is 2. The summed E-state index contributed by atoms with van der Waals surface area (Å²) in [6, 6.07) is 0.397. The fourth-order valence-corrected chi connectivity index (χ4v) is 0.621. The third kappa shape index (κ3) is 4.37. The summed E-state index contributed by atoms with van der Waals surface area (Å²) in [6.07, 6.45) is 2.09. The summed E-state index contributed by atoms with van der Waals surface area (Å²) in [5.41, 5.74) is 2.64. The fraction of sp³-hybridized carbons (Fsp3) is 1.00. The zero-order valence-corrected chi connectivity index (χ0v) is 5.91. The highest BCUT2D eigenvalue weighted by Gasteiger charge is 1.94. The highest BCUT2D eigenvalue weighted by Crippen LogP contribution is 1.95. The molecule has 0 aliphatic carbocycles. The van der Waals surface area contributed by atoms with Crippen molar-refractivity contribution >= 4 is 11.6 Å². The van der Waals surface area contributed by atoms with Gasteiger partial charge < -0.3 is 0 Å². The van der Waals surface area contributed by atoms with Crippen molar-refractivity contribution < 1.29 is 0 Å². The monoisotopic (exact) mass is 136 g/mol. The number of nitrogens with one attached hydrogen (secondary N) is 1. The summed E-state index contributed by atoms with van der Waals surface area (Å²) >= 11 is 5.43. The predicted octanol–water partition coefficient (Wildman–Crippen LogP) is 0.857. The van der Waals surface area contributed by atoms with E-state index in [1.165, 1.54) is 0 Å². The number of halogens is 1. The molecule has 0 bridgehead atoms. The van der Waals surface area contributed by atoms with E-state index in [2.05, 4.69) is 5.43 Å². The molecule has 0 rings (SSSR count). The maximum Gasteiger partial charge on any atom is 0.0224 e. The lowest BCUT2D eigenvalue weighted by Crippen LogP contribution is -2.32.